The number of aromatic nitrogens is 1. The van der Waals surface area contributed by atoms with Gasteiger partial charge in [-0.25, -0.2) is 0 Å². The van der Waals surface area contributed by atoms with Gasteiger partial charge >= 0.3 is 0 Å². The molecule has 1 N–H and O–H groups in total. The van der Waals surface area contributed by atoms with Gasteiger partial charge in [0.2, 0.25) is 0 Å². The van der Waals surface area contributed by atoms with Crippen molar-refractivity contribution in [2.75, 3.05) is 26.3 Å². The Hall–Kier alpha value is -0.970. The zero-order valence-electron chi connectivity index (χ0n) is 12.8. The molecule has 4 heteroatoms. The van der Waals surface area contributed by atoms with Crippen molar-refractivity contribution in [1.82, 2.24) is 15.2 Å². The first-order valence-electron chi connectivity index (χ1n) is 7.80. The quantitative estimate of drug-likeness (QED) is 0.665. The van der Waals surface area contributed by atoms with Crippen LogP contribution in [0.1, 0.15) is 38.1 Å². The molecule has 4 nitrogen and oxygen atoms in total. The lowest BCUT2D eigenvalue weighted by Crippen LogP contribution is -2.27. The predicted molar refractivity (Wildman–Crippen MR) is 81.5 cm³/mol. The van der Waals surface area contributed by atoms with E-state index in [1.54, 1.807) is 0 Å². The third-order valence-corrected chi connectivity index (χ3v) is 3.60. The van der Waals surface area contributed by atoms with Crippen LogP contribution in [0.15, 0.2) is 18.2 Å². The molecule has 1 heterocycles. The Morgan fingerprint density at radius 3 is 2.80 bits per heavy atom. The van der Waals surface area contributed by atoms with E-state index < -0.39 is 0 Å². The van der Waals surface area contributed by atoms with Gasteiger partial charge in [0.15, 0.2) is 0 Å². The van der Waals surface area contributed by atoms with E-state index in [0.717, 1.165) is 56.8 Å². The second kappa shape index (κ2) is 8.35. The standard InChI is InChI=1S/C16H27N3O/c1-3-19(10-11-20-4-2)13-16-7-5-6-15(18-16)12-17-14-8-9-14/h5-7,14,17H,3-4,8-13H2,1-2H3. The molecule has 1 saturated carbocycles. The van der Waals surface area contributed by atoms with Crippen molar-refractivity contribution in [3.05, 3.63) is 29.6 Å². The van der Waals surface area contributed by atoms with Crippen molar-refractivity contribution in [1.29, 1.82) is 0 Å². The summed E-state index contributed by atoms with van der Waals surface area (Å²) in [7, 11) is 0. The van der Waals surface area contributed by atoms with Crippen molar-refractivity contribution < 1.29 is 4.74 Å². The molecule has 1 fully saturated rings. The van der Waals surface area contributed by atoms with E-state index >= 15 is 0 Å². The van der Waals surface area contributed by atoms with Gasteiger partial charge in [-0.1, -0.05) is 13.0 Å². The maximum absolute atomic E-state index is 5.43. The lowest BCUT2D eigenvalue weighted by atomic mass is 10.2. The predicted octanol–water partition coefficient (Wildman–Crippen LogP) is 2.19. The molecule has 0 aliphatic heterocycles. The lowest BCUT2D eigenvalue weighted by Gasteiger charge is -2.20. The van der Waals surface area contributed by atoms with Crippen molar-refractivity contribution in [3.8, 4) is 0 Å². The van der Waals surface area contributed by atoms with Crippen LogP contribution < -0.4 is 5.32 Å². The van der Waals surface area contributed by atoms with Crippen LogP contribution in [0.25, 0.3) is 0 Å². The summed E-state index contributed by atoms with van der Waals surface area (Å²) in [5, 5.41) is 3.51. The van der Waals surface area contributed by atoms with Gasteiger partial charge in [0, 0.05) is 32.3 Å². The molecule has 1 aromatic rings. The molecule has 0 aromatic carbocycles. The highest BCUT2D eigenvalue weighted by molar-refractivity contribution is 5.11. The third kappa shape index (κ3) is 5.57. The Labute approximate surface area is 122 Å². The molecule has 1 aromatic heterocycles. The highest BCUT2D eigenvalue weighted by atomic mass is 16.5. The highest BCUT2D eigenvalue weighted by Gasteiger charge is 2.20. The first-order chi connectivity index (χ1) is 9.81. The molecule has 0 amide bonds. The molecule has 0 radical (unpaired) electrons. The summed E-state index contributed by atoms with van der Waals surface area (Å²) in [5.74, 6) is 0. The number of pyridine rings is 1. The zero-order chi connectivity index (χ0) is 14.2. The first kappa shape index (κ1) is 15.4. The van der Waals surface area contributed by atoms with Crippen LogP contribution in [0.3, 0.4) is 0 Å². The molecule has 0 saturated heterocycles. The first-order valence-corrected chi connectivity index (χ1v) is 7.80. The van der Waals surface area contributed by atoms with E-state index in [2.05, 4.69) is 35.3 Å². The van der Waals surface area contributed by atoms with E-state index in [1.165, 1.54) is 12.8 Å². The molecule has 20 heavy (non-hydrogen) atoms. The number of rotatable bonds is 10. The maximum Gasteiger partial charge on any atom is 0.0593 e. The number of hydrogen-bond acceptors (Lipinski definition) is 4. The molecule has 0 atom stereocenters. The normalized spacial score (nSPS) is 14.9. The van der Waals surface area contributed by atoms with E-state index in [-0.39, 0.29) is 0 Å². The molecule has 112 valence electrons. The average molecular weight is 277 g/mol. The average Bonchev–Trinajstić information content (AvgIpc) is 3.29. The van der Waals surface area contributed by atoms with Gasteiger partial charge in [-0.05, 0) is 38.4 Å². The molecule has 0 unspecified atom stereocenters. The van der Waals surface area contributed by atoms with Crippen LogP contribution in [-0.2, 0) is 17.8 Å². The van der Waals surface area contributed by atoms with Gasteiger partial charge in [0.05, 0.1) is 18.0 Å². The molecular formula is C16H27N3O. The number of ether oxygens (including phenoxy) is 1. The molecule has 2 rings (SSSR count). The number of nitrogens with zero attached hydrogens (tertiary/aromatic N) is 2. The minimum absolute atomic E-state index is 0.735. The summed E-state index contributed by atoms with van der Waals surface area (Å²) in [6, 6.07) is 7.07. The van der Waals surface area contributed by atoms with E-state index in [9.17, 15) is 0 Å². The second-order valence-corrected chi connectivity index (χ2v) is 5.34. The summed E-state index contributed by atoms with van der Waals surface area (Å²) >= 11 is 0. The van der Waals surface area contributed by atoms with E-state index in [0.29, 0.717) is 0 Å². The largest absolute Gasteiger partial charge is 0.380 e. The van der Waals surface area contributed by atoms with Crippen LogP contribution in [0.2, 0.25) is 0 Å². The Morgan fingerprint density at radius 2 is 2.10 bits per heavy atom. The lowest BCUT2D eigenvalue weighted by molar-refractivity contribution is 0.112. The Balaban J connectivity index is 1.81. The van der Waals surface area contributed by atoms with E-state index in [4.69, 9.17) is 9.72 Å². The number of likely N-dealkylation sites (N-methyl/N-ethyl adjacent to an activating group) is 1. The Morgan fingerprint density at radius 1 is 1.30 bits per heavy atom. The van der Waals surface area contributed by atoms with Gasteiger partial charge in [-0.3, -0.25) is 9.88 Å². The number of hydrogen-bond donors (Lipinski definition) is 1. The van der Waals surface area contributed by atoms with Crippen LogP contribution in [0.5, 0.6) is 0 Å². The van der Waals surface area contributed by atoms with Gasteiger partial charge in [0.25, 0.3) is 0 Å². The fourth-order valence-electron chi connectivity index (χ4n) is 2.17. The summed E-state index contributed by atoms with van der Waals surface area (Å²) in [6.07, 6.45) is 2.64. The maximum atomic E-state index is 5.43. The van der Waals surface area contributed by atoms with Crippen molar-refractivity contribution >= 4 is 0 Å². The minimum atomic E-state index is 0.735. The number of nitrogens with one attached hydrogen (secondary N) is 1. The van der Waals surface area contributed by atoms with Crippen LogP contribution >= 0.6 is 0 Å². The molecule has 0 spiro atoms. The minimum Gasteiger partial charge on any atom is -0.380 e. The monoisotopic (exact) mass is 277 g/mol. The van der Waals surface area contributed by atoms with Crippen molar-refractivity contribution in [3.63, 3.8) is 0 Å². The molecule has 1 aliphatic rings. The zero-order valence-corrected chi connectivity index (χ0v) is 12.8. The van der Waals surface area contributed by atoms with Crippen molar-refractivity contribution in [2.45, 2.75) is 45.8 Å². The third-order valence-electron chi connectivity index (χ3n) is 3.60. The Kier molecular flexibility index (Phi) is 6.43. The summed E-state index contributed by atoms with van der Waals surface area (Å²) in [4.78, 5) is 7.11. The van der Waals surface area contributed by atoms with Gasteiger partial charge in [-0.15, -0.1) is 0 Å². The smallest absolute Gasteiger partial charge is 0.0593 e. The summed E-state index contributed by atoms with van der Waals surface area (Å²) < 4.78 is 5.43. The van der Waals surface area contributed by atoms with Gasteiger partial charge < -0.3 is 10.1 Å². The molecular weight excluding hydrogens is 250 g/mol. The fourth-order valence-corrected chi connectivity index (χ4v) is 2.17. The molecule has 0 bridgehead atoms. The summed E-state index contributed by atoms with van der Waals surface area (Å²) in [6.45, 7) is 9.60. The van der Waals surface area contributed by atoms with Crippen LogP contribution in [-0.4, -0.2) is 42.2 Å². The van der Waals surface area contributed by atoms with E-state index in [1.807, 2.05) is 6.92 Å². The SMILES string of the molecule is CCOCCN(CC)Cc1cccc(CNC2CC2)n1. The Bertz CT molecular complexity index is 393. The van der Waals surface area contributed by atoms with Gasteiger partial charge in [-0.2, -0.15) is 0 Å². The molecule has 1 aliphatic carbocycles. The summed E-state index contributed by atoms with van der Waals surface area (Å²) in [5.41, 5.74) is 2.30. The highest BCUT2D eigenvalue weighted by Crippen LogP contribution is 2.19. The van der Waals surface area contributed by atoms with Crippen LogP contribution in [0, 0.1) is 0 Å². The van der Waals surface area contributed by atoms with Crippen molar-refractivity contribution in [2.24, 2.45) is 0 Å². The fraction of sp³-hybridized carbons (Fsp3) is 0.688. The topological polar surface area (TPSA) is 37.4 Å². The van der Waals surface area contributed by atoms with Gasteiger partial charge in [0.1, 0.15) is 0 Å². The second-order valence-electron chi connectivity index (χ2n) is 5.34. The van der Waals surface area contributed by atoms with Crippen LogP contribution in [0.4, 0.5) is 0 Å².